The number of nitrogens with zero attached hydrogens (tertiary/aromatic N) is 1. The van der Waals surface area contributed by atoms with Gasteiger partial charge in [-0.3, -0.25) is 4.90 Å². The zero-order valence-electron chi connectivity index (χ0n) is 11.3. The van der Waals surface area contributed by atoms with Crippen molar-refractivity contribution in [2.24, 2.45) is 0 Å². The molecule has 0 spiro atoms. The van der Waals surface area contributed by atoms with Crippen LogP contribution in [0.15, 0.2) is 24.8 Å². The molecule has 0 atom stereocenters. The van der Waals surface area contributed by atoms with Crippen molar-refractivity contribution in [3.63, 3.8) is 0 Å². The molecule has 1 heterocycles. The van der Waals surface area contributed by atoms with Gasteiger partial charge >= 0.3 is 0 Å². The minimum Gasteiger partial charge on any atom is -0.312 e. The van der Waals surface area contributed by atoms with Gasteiger partial charge in [0.1, 0.15) is 0 Å². The maximum atomic E-state index is 3.86. The normalized spacial score (nSPS) is 15.2. The van der Waals surface area contributed by atoms with Crippen LogP contribution in [0.25, 0.3) is 0 Å². The smallest absolute Gasteiger partial charge is 0.0334 e. The van der Waals surface area contributed by atoms with Gasteiger partial charge in [-0.2, -0.15) is 0 Å². The number of thiophene rings is 1. The number of hydrogen-bond donors (Lipinski definition) is 1. The second-order valence-corrected chi connectivity index (χ2v) is 6.25. The van der Waals surface area contributed by atoms with Gasteiger partial charge in [0.25, 0.3) is 0 Å². The first-order chi connectivity index (χ1) is 8.83. The third kappa shape index (κ3) is 4.23. The molecule has 2 rings (SSSR count). The van der Waals surface area contributed by atoms with E-state index in [4.69, 9.17) is 0 Å². The van der Waals surface area contributed by atoms with E-state index < -0.39 is 0 Å². The standard InChI is InChI=1S/C15H24N2S/c1-3-9-16-11-14-7-8-15(18-14)12-17(10-4-2)13-5-6-13/h4,7-8,13,16H,2-3,5-6,9-12H2,1H3. The van der Waals surface area contributed by atoms with Crippen LogP contribution in [0.5, 0.6) is 0 Å². The highest BCUT2D eigenvalue weighted by atomic mass is 32.1. The zero-order chi connectivity index (χ0) is 12.8. The number of rotatable bonds is 9. The largest absolute Gasteiger partial charge is 0.312 e. The molecule has 2 nitrogen and oxygen atoms in total. The second-order valence-electron chi connectivity index (χ2n) is 4.99. The summed E-state index contributed by atoms with van der Waals surface area (Å²) < 4.78 is 0. The first-order valence-corrected chi connectivity index (χ1v) is 7.78. The molecule has 0 amide bonds. The predicted octanol–water partition coefficient (Wildman–Crippen LogP) is 3.40. The highest BCUT2D eigenvalue weighted by Crippen LogP contribution is 2.29. The third-order valence-electron chi connectivity index (χ3n) is 3.23. The Bertz CT molecular complexity index is 368. The highest BCUT2D eigenvalue weighted by Gasteiger charge is 2.28. The Morgan fingerprint density at radius 1 is 1.44 bits per heavy atom. The van der Waals surface area contributed by atoms with Crippen LogP contribution in [-0.4, -0.2) is 24.0 Å². The molecule has 100 valence electrons. The van der Waals surface area contributed by atoms with Gasteiger partial charge in [-0.1, -0.05) is 13.0 Å². The van der Waals surface area contributed by atoms with Crippen molar-refractivity contribution < 1.29 is 0 Å². The Labute approximate surface area is 115 Å². The van der Waals surface area contributed by atoms with Gasteiger partial charge in [0, 0.05) is 35.4 Å². The van der Waals surface area contributed by atoms with Crippen molar-refractivity contribution >= 4 is 11.3 Å². The summed E-state index contributed by atoms with van der Waals surface area (Å²) in [5.41, 5.74) is 0. The first-order valence-electron chi connectivity index (χ1n) is 6.96. The van der Waals surface area contributed by atoms with Crippen LogP contribution in [0.1, 0.15) is 35.9 Å². The fraction of sp³-hybridized carbons (Fsp3) is 0.600. The molecule has 0 saturated heterocycles. The molecule has 1 aromatic rings. The SMILES string of the molecule is C=CCN(Cc1ccc(CNCCC)s1)C1CC1. The fourth-order valence-electron chi connectivity index (χ4n) is 2.14. The lowest BCUT2D eigenvalue weighted by Crippen LogP contribution is -2.25. The topological polar surface area (TPSA) is 15.3 Å². The monoisotopic (exact) mass is 264 g/mol. The summed E-state index contributed by atoms with van der Waals surface area (Å²) in [5.74, 6) is 0. The zero-order valence-corrected chi connectivity index (χ0v) is 12.1. The maximum Gasteiger partial charge on any atom is 0.0334 e. The van der Waals surface area contributed by atoms with E-state index in [0.717, 1.165) is 32.2 Å². The summed E-state index contributed by atoms with van der Waals surface area (Å²) in [6.07, 6.45) is 5.96. The Morgan fingerprint density at radius 3 is 2.89 bits per heavy atom. The molecular formula is C15H24N2S. The van der Waals surface area contributed by atoms with Gasteiger partial charge in [-0.25, -0.2) is 0 Å². The number of hydrogen-bond acceptors (Lipinski definition) is 3. The van der Waals surface area contributed by atoms with E-state index in [0.29, 0.717) is 0 Å². The Morgan fingerprint density at radius 2 is 2.22 bits per heavy atom. The molecule has 18 heavy (non-hydrogen) atoms. The quantitative estimate of drug-likeness (QED) is 0.543. The molecule has 0 aliphatic heterocycles. The fourth-order valence-corrected chi connectivity index (χ4v) is 3.15. The molecule has 1 fully saturated rings. The van der Waals surface area contributed by atoms with E-state index in [9.17, 15) is 0 Å². The molecule has 0 radical (unpaired) electrons. The summed E-state index contributed by atoms with van der Waals surface area (Å²) in [4.78, 5) is 5.48. The third-order valence-corrected chi connectivity index (χ3v) is 4.30. The lowest BCUT2D eigenvalue weighted by molar-refractivity contribution is 0.286. The van der Waals surface area contributed by atoms with Gasteiger partial charge in [-0.05, 0) is 37.9 Å². The lowest BCUT2D eigenvalue weighted by Gasteiger charge is -2.18. The molecule has 1 aliphatic carbocycles. The van der Waals surface area contributed by atoms with E-state index in [-0.39, 0.29) is 0 Å². The summed E-state index contributed by atoms with van der Waals surface area (Å²) in [7, 11) is 0. The average Bonchev–Trinajstić information content (AvgIpc) is 3.12. The van der Waals surface area contributed by atoms with Crippen molar-refractivity contribution in [1.82, 2.24) is 10.2 Å². The molecule has 1 N–H and O–H groups in total. The van der Waals surface area contributed by atoms with Crippen LogP contribution in [0, 0.1) is 0 Å². The summed E-state index contributed by atoms with van der Waals surface area (Å²) in [5, 5.41) is 3.46. The summed E-state index contributed by atoms with van der Waals surface area (Å²) >= 11 is 1.94. The Hall–Kier alpha value is -0.640. The van der Waals surface area contributed by atoms with E-state index in [1.165, 1.54) is 29.0 Å². The van der Waals surface area contributed by atoms with Gasteiger partial charge in [0.2, 0.25) is 0 Å². The predicted molar refractivity (Wildman–Crippen MR) is 79.9 cm³/mol. The van der Waals surface area contributed by atoms with Crippen molar-refractivity contribution in [3.05, 3.63) is 34.5 Å². The molecule has 0 bridgehead atoms. The average molecular weight is 264 g/mol. The molecule has 1 saturated carbocycles. The van der Waals surface area contributed by atoms with Crippen LogP contribution in [0.2, 0.25) is 0 Å². The first kappa shape index (κ1) is 13.8. The number of nitrogens with one attached hydrogen (secondary N) is 1. The van der Waals surface area contributed by atoms with Crippen LogP contribution in [0.3, 0.4) is 0 Å². The summed E-state index contributed by atoms with van der Waals surface area (Å²) in [6.45, 7) is 10.3. The molecular weight excluding hydrogens is 240 g/mol. The van der Waals surface area contributed by atoms with Crippen molar-refractivity contribution in [3.8, 4) is 0 Å². The van der Waals surface area contributed by atoms with Crippen LogP contribution in [0.4, 0.5) is 0 Å². The summed E-state index contributed by atoms with van der Waals surface area (Å²) in [6, 6.07) is 5.36. The Kier molecular flexibility index (Phi) is 5.42. The van der Waals surface area contributed by atoms with Gasteiger partial charge < -0.3 is 5.32 Å². The molecule has 1 aliphatic rings. The lowest BCUT2D eigenvalue weighted by atomic mass is 10.3. The van der Waals surface area contributed by atoms with E-state index in [2.05, 4.69) is 35.9 Å². The van der Waals surface area contributed by atoms with Crippen LogP contribution >= 0.6 is 11.3 Å². The molecule has 3 heteroatoms. The molecule has 1 aromatic heterocycles. The van der Waals surface area contributed by atoms with Gasteiger partial charge in [0.05, 0.1) is 0 Å². The van der Waals surface area contributed by atoms with Gasteiger partial charge in [0.15, 0.2) is 0 Å². The Balaban J connectivity index is 1.82. The van der Waals surface area contributed by atoms with Crippen molar-refractivity contribution in [2.45, 2.75) is 45.3 Å². The van der Waals surface area contributed by atoms with Crippen LogP contribution < -0.4 is 5.32 Å². The maximum absolute atomic E-state index is 3.86. The van der Waals surface area contributed by atoms with Crippen LogP contribution in [-0.2, 0) is 13.1 Å². The highest BCUT2D eigenvalue weighted by molar-refractivity contribution is 7.11. The van der Waals surface area contributed by atoms with Crippen molar-refractivity contribution in [2.75, 3.05) is 13.1 Å². The van der Waals surface area contributed by atoms with E-state index >= 15 is 0 Å². The van der Waals surface area contributed by atoms with Crippen molar-refractivity contribution in [1.29, 1.82) is 0 Å². The minimum absolute atomic E-state index is 0.812. The van der Waals surface area contributed by atoms with E-state index in [1.54, 1.807) is 0 Å². The second kappa shape index (κ2) is 7.07. The molecule has 0 aromatic carbocycles. The minimum atomic E-state index is 0.812. The van der Waals surface area contributed by atoms with E-state index in [1.807, 2.05) is 17.4 Å². The molecule has 0 unspecified atom stereocenters. The van der Waals surface area contributed by atoms with Gasteiger partial charge in [-0.15, -0.1) is 17.9 Å².